The minimum atomic E-state index is -0.218. The predicted molar refractivity (Wildman–Crippen MR) is 119 cm³/mol. The molecule has 0 aromatic heterocycles. The van der Waals surface area contributed by atoms with Gasteiger partial charge >= 0.3 is 0 Å². The number of hydrogen-bond donors (Lipinski definition) is 3. The van der Waals surface area contributed by atoms with Crippen molar-refractivity contribution in [2.75, 3.05) is 26.2 Å². The molecule has 2 heterocycles. The molecule has 30 heavy (non-hydrogen) atoms. The van der Waals surface area contributed by atoms with Crippen molar-refractivity contribution >= 4 is 0 Å². The number of rotatable bonds is 5. The second-order valence-electron chi connectivity index (χ2n) is 9.00. The molecular weight excluding hydrogens is 376 g/mol. The Kier molecular flexibility index (Phi) is 6.32. The molecule has 2 aromatic carbocycles. The van der Waals surface area contributed by atoms with E-state index >= 15 is 0 Å². The highest BCUT2D eigenvalue weighted by atomic mass is 16.5. The van der Waals surface area contributed by atoms with E-state index in [1.54, 1.807) is 0 Å². The smallest absolute Gasteiger partial charge is 0.161 e. The number of nitrogens with zero attached hydrogens (tertiary/aromatic N) is 1. The van der Waals surface area contributed by atoms with Gasteiger partial charge in [-0.05, 0) is 67.4 Å². The second kappa shape index (κ2) is 8.96. The molecule has 2 aromatic rings. The van der Waals surface area contributed by atoms with Crippen molar-refractivity contribution in [3.63, 3.8) is 0 Å². The van der Waals surface area contributed by atoms with E-state index < -0.39 is 0 Å². The van der Waals surface area contributed by atoms with E-state index in [9.17, 15) is 10.2 Å². The van der Waals surface area contributed by atoms with Crippen LogP contribution in [0.4, 0.5) is 0 Å². The summed E-state index contributed by atoms with van der Waals surface area (Å²) < 4.78 is 6.36. The maximum absolute atomic E-state index is 10.4. The van der Waals surface area contributed by atoms with Gasteiger partial charge in [0.1, 0.15) is 0 Å². The van der Waals surface area contributed by atoms with Crippen molar-refractivity contribution in [2.45, 2.75) is 51.2 Å². The first-order valence-corrected chi connectivity index (χ1v) is 11.1. The second-order valence-corrected chi connectivity index (χ2v) is 9.00. The Balaban J connectivity index is 1.38. The highest BCUT2D eigenvalue weighted by Gasteiger charge is 2.35. The predicted octanol–water partition coefficient (Wildman–Crippen LogP) is 3.86. The summed E-state index contributed by atoms with van der Waals surface area (Å²) in [6.07, 6.45) is 2.62. The quantitative estimate of drug-likeness (QED) is 0.652. The molecule has 0 radical (unpaired) electrons. The third-order valence-electron chi connectivity index (χ3n) is 7.01. The zero-order valence-corrected chi connectivity index (χ0v) is 18.1. The minimum absolute atomic E-state index is 0.0104. The van der Waals surface area contributed by atoms with Crippen molar-refractivity contribution in [3.8, 4) is 11.5 Å². The van der Waals surface area contributed by atoms with Crippen molar-refractivity contribution in [1.29, 1.82) is 0 Å². The van der Waals surface area contributed by atoms with Crippen LogP contribution >= 0.6 is 0 Å². The van der Waals surface area contributed by atoms with Crippen LogP contribution in [0, 0.1) is 12.8 Å². The topological polar surface area (TPSA) is 79.0 Å². The van der Waals surface area contributed by atoms with Crippen molar-refractivity contribution in [2.24, 2.45) is 11.7 Å². The number of nitrogens with two attached hydrogens (primary N) is 1. The Morgan fingerprint density at radius 3 is 2.57 bits per heavy atom. The van der Waals surface area contributed by atoms with Crippen molar-refractivity contribution in [3.05, 3.63) is 58.7 Å². The van der Waals surface area contributed by atoms with E-state index in [2.05, 4.69) is 43.0 Å². The number of fused-ring (bicyclic) bond motifs is 1. The van der Waals surface area contributed by atoms with Gasteiger partial charge in [0, 0.05) is 25.1 Å². The summed E-state index contributed by atoms with van der Waals surface area (Å²) in [6, 6.07) is 12.0. The normalized spacial score (nSPS) is 23.8. The number of aryl methyl sites for hydroxylation is 1. The Morgan fingerprint density at radius 2 is 1.87 bits per heavy atom. The number of piperidine rings is 1. The molecule has 162 valence electrons. The molecule has 0 saturated carbocycles. The average Bonchev–Trinajstić information content (AvgIpc) is 2.76. The summed E-state index contributed by atoms with van der Waals surface area (Å²) in [5.74, 6) is 0.884. The molecule has 0 spiro atoms. The molecule has 1 saturated heterocycles. The minimum Gasteiger partial charge on any atom is -0.504 e. The maximum Gasteiger partial charge on any atom is 0.161 e. The Morgan fingerprint density at radius 1 is 1.13 bits per heavy atom. The third-order valence-corrected chi connectivity index (χ3v) is 7.01. The fraction of sp³-hybridized carbons (Fsp3) is 0.520. The first-order chi connectivity index (χ1) is 14.5. The van der Waals surface area contributed by atoms with Gasteiger partial charge in [-0.1, -0.05) is 37.3 Å². The molecule has 5 nitrogen and oxygen atoms in total. The van der Waals surface area contributed by atoms with Crippen LogP contribution in [0.25, 0.3) is 0 Å². The Hall–Kier alpha value is -2.08. The van der Waals surface area contributed by atoms with Crippen molar-refractivity contribution in [1.82, 2.24) is 4.90 Å². The lowest BCUT2D eigenvalue weighted by atomic mass is 9.83. The van der Waals surface area contributed by atoms with E-state index in [0.29, 0.717) is 24.8 Å². The molecule has 0 amide bonds. The molecule has 4 N–H and O–H groups in total. The molecule has 3 atom stereocenters. The molecule has 2 aliphatic heterocycles. The van der Waals surface area contributed by atoms with Crippen LogP contribution in [0.3, 0.4) is 0 Å². The van der Waals surface area contributed by atoms with E-state index in [-0.39, 0.29) is 23.7 Å². The standard InChI is InChI=1S/C25H34N2O3/c1-16-5-3-4-6-19(16)17(2)15-27-11-9-18(10-12-27)23-13-21-20(24(14-26)30-23)7-8-22(28)25(21)29/h3-8,17-18,23-24,28-29H,9-15,26H2,1-2H3/t17?,23-,24-/m0/s1. The first-order valence-electron chi connectivity index (χ1n) is 11.1. The van der Waals surface area contributed by atoms with Gasteiger partial charge in [-0.15, -0.1) is 0 Å². The van der Waals surface area contributed by atoms with Crippen LogP contribution in [0.1, 0.15) is 54.0 Å². The van der Waals surface area contributed by atoms with Crippen LogP contribution in [0.2, 0.25) is 0 Å². The number of benzene rings is 2. The SMILES string of the molecule is Cc1ccccc1C(C)CN1CCC([C@@H]2Cc3c(ccc(O)c3O)[C@H](CN)O2)CC1. The zero-order chi connectivity index (χ0) is 21.3. The van der Waals surface area contributed by atoms with Gasteiger partial charge in [0.25, 0.3) is 0 Å². The lowest BCUT2D eigenvalue weighted by molar-refractivity contribution is -0.0649. The molecule has 1 unspecified atom stereocenters. The average molecular weight is 411 g/mol. The lowest BCUT2D eigenvalue weighted by Gasteiger charge is -2.41. The lowest BCUT2D eigenvalue weighted by Crippen LogP contribution is -2.43. The third kappa shape index (κ3) is 4.20. The van der Waals surface area contributed by atoms with E-state index in [1.165, 1.54) is 17.2 Å². The zero-order valence-electron chi connectivity index (χ0n) is 18.1. The first kappa shape index (κ1) is 21.2. The highest BCUT2D eigenvalue weighted by Crippen LogP contribution is 2.42. The van der Waals surface area contributed by atoms with Crippen LogP contribution < -0.4 is 5.73 Å². The number of phenolic OH excluding ortho intramolecular Hbond substituents is 2. The summed E-state index contributed by atoms with van der Waals surface area (Å²) >= 11 is 0. The number of hydrogen-bond acceptors (Lipinski definition) is 5. The fourth-order valence-corrected chi connectivity index (χ4v) is 5.28. The molecule has 0 aliphatic carbocycles. The van der Waals surface area contributed by atoms with Gasteiger partial charge in [-0.25, -0.2) is 0 Å². The van der Waals surface area contributed by atoms with Crippen LogP contribution in [-0.4, -0.2) is 47.4 Å². The van der Waals surface area contributed by atoms with Gasteiger partial charge in [0.2, 0.25) is 0 Å². The van der Waals surface area contributed by atoms with Crippen LogP contribution in [0.15, 0.2) is 36.4 Å². The molecule has 4 rings (SSSR count). The summed E-state index contributed by atoms with van der Waals surface area (Å²) in [7, 11) is 0. The monoisotopic (exact) mass is 410 g/mol. The van der Waals surface area contributed by atoms with Crippen LogP contribution in [0.5, 0.6) is 11.5 Å². The van der Waals surface area contributed by atoms with E-state index in [4.69, 9.17) is 10.5 Å². The Bertz CT molecular complexity index is 877. The number of phenols is 2. The van der Waals surface area contributed by atoms with Gasteiger partial charge in [0.15, 0.2) is 11.5 Å². The van der Waals surface area contributed by atoms with E-state index in [1.807, 2.05) is 6.07 Å². The van der Waals surface area contributed by atoms with Gasteiger partial charge < -0.3 is 25.6 Å². The molecule has 5 heteroatoms. The van der Waals surface area contributed by atoms with E-state index in [0.717, 1.165) is 43.6 Å². The highest BCUT2D eigenvalue weighted by molar-refractivity contribution is 5.51. The molecule has 2 aliphatic rings. The van der Waals surface area contributed by atoms with Crippen LogP contribution in [-0.2, 0) is 11.2 Å². The summed E-state index contributed by atoms with van der Waals surface area (Å²) in [6.45, 7) is 8.08. The van der Waals surface area contributed by atoms with Crippen molar-refractivity contribution < 1.29 is 14.9 Å². The summed E-state index contributed by atoms with van der Waals surface area (Å²) in [5, 5.41) is 20.3. The molecule has 0 bridgehead atoms. The van der Waals surface area contributed by atoms with Gasteiger partial charge in [0.05, 0.1) is 12.2 Å². The van der Waals surface area contributed by atoms with Gasteiger partial charge in [-0.3, -0.25) is 0 Å². The number of likely N-dealkylation sites (tertiary alicyclic amines) is 1. The van der Waals surface area contributed by atoms with Gasteiger partial charge in [-0.2, -0.15) is 0 Å². The maximum atomic E-state index is 10.4. The Labute approximate surface area is 179 Å². The largest absolute Gasteiger partial charge is 0.504 e. The molecular formula is C25H34N2O3. The number of ether oxygens (including phenoxy) is 1. The summed E-state index contributed by atoms with van der Waals surface area (Å²) in [4.78, 5) is 2.56. The fourth-order valence-electron chi connectivity index (χ4n) is 5.28. The number of aromatic hydroxyl groups is 2. The molecule has 1 fully saturated rings. The summed E-state index contributed by atoms with van der Waals surface area (Å²) in [5.41, 5.74) is 10.5.